The molecule has 122 valence electrons. The van der Waals surface area contributed by atoms with Gasteiger partial charge in [0.1, 0.15) is 0 Å². The average Bonchev–Trinajstić information content (AvgIpc) is 3.17. The number of fused-ring (bicyclic) bond motifs is 6. The molecule has 2 heteroatoms. The molecule has 5 rings (SSSR count). The number of thiophene rings is 1. The van der Waals surface area contributed by atoms with Crippen molar-refractivity contribution in [1.29, 1.82) is 0 Å². The number of hydrogen-bond acceptors (Lipinski definition) is 2. The van der Waals surface area contributed by atoms with Crippen LogP contribution in [0.2, 0.25) is 0 Å². The minimum atomic E-state index is 0.294. The van der Waals surface area contributed by atoms with Crippen LogP contribution in [0.1, 0.15) is 24.1 Å². The minimum absolute atomic E-state index is 0.294. The zero-order chi connectivity index (χ0) is 17.0. The van der Waals surface area contributed by atoms with Crippen LogP contribution in [0, 0.1) is 5.92 Å². The van der Waals surface area contributed by atoms with E-state index < -0.39 is 0 Å². The van der Waals surface area contributed by atoms with Gasteiger partial charge in [-0.1, -0.05) is 49.1 Å². The van der Waals surface area contributed by atoms with Crippen molar-refractivity contribution in [1.82, 2.24) is 5.32 Å². The molecule has 0 radical (unpaired) electrons. The molecular weight excluding hydrogens is 322 g/mol. The lowest BCUT2D eigenvalue weighted by molar-refractivity contribution is 0.562. The number of benzene rings is 2. The normalized spacial score (nSPS) is 21.8. The van der Waals surface area contributed by atoms with Crippen molar-refractivity contribution in [2.75, 3.05) is 0 Å². The van der Waals surface area contributed by atoms with E-state index in [1.807, 2.05) is 17.4 Å². The lowest BCUT2D eigenvalue weighted by Crippen LogP contribution is -2.21. The number of rotatable bonds is 2. The second-order valence-corrected chi connectivity index (χ2v) is 7.74. The Labute approximate surface area is 151 Å². The van der Waals surface area contributed by atoms with E-state index >= 15 is 0 Å². The Balaban J connectivity index is 1.71. The molecule has 1 aliphatic heterocycles. The van der Waals surface area contributed by atoms with Crippen LogP contribution in [0.25, 0.3) is 26.2 Å². The second kappa shape index (κ2) is 5.47. The van der Waals surface area contributed by atoms with Crippen molar-refractivity contribution in [3.8, 4) is 0 Å². The van der Waals surface area contributed by atoms with Crippen molar-refractivity contribution in [3.63, 3.8) is 0 Å². The summed E-state index contributed by atoms with van der Waals surface area (Å²) in [6, 6.07) is 13.7. The van der Waals surface area contributed by atoms with Crippen LogP contribution in [0.5, 0.6) is 0 Å². The van der Waals surface area contributed by atoms with Crippen molar-refractivity contribution < 1.29 is 0 Å². The summed E-state index contributed by atoms with van der Waals surface area (Å²) in [4.78, 5) is 0. The first-order valence-electron chi connectivity index (χ1n) is 8.69. The van der Waals surface area contributed by atoms with Crippen molar-refractivity contribution in [2.45, 2.75) is 13.0 Å². The van der Waals surface area contributed by atoms with E-state index in [0.29, 0.717) is 12.0 Å². The Bertz CT molecular complexity index is 1110. The molecule has 3 aromatic rings. The molecule has 0 amide bonds. The quantitative estimate of drug-likeness (QED) is 0.572. The average molecular weight is 341 g/mol. The third-order valence-electron chi connectivity index (χ3n) is 5.29. The van der Waals surface area contributed by atoms with Crippen LogP contribution >= 0.6 is 11.3 Å². The van der Waals surface area contributed by atoms with E-state index in [0.717, 1.165) is 0 Å². The maximum atomic E-state index is 4.04. The highest BCUT2D eigenvalue weighted by molar-refractivity contribution is 7.25. The third kappa shape index (κ3) is 2.07. The van der Waals surface area contributed by atoms with Crippen LogP contribution in [0.4, 0.5) is 0 Å². The molecule has 1 aliphatic carbocycles. The lowest BCUT2D eigenvalue weighted by atomic mass is 9.82. The van der Waals surface area contributed by atoms with Gasteiger partial charge in [-0.3, -0.25) is 0 Å². The molecular formula is C23H19NS. The molecule has 1 N–H and O–H groups in total. The minimum Gasteiger partial charge on any atom is -0.377 e. The van der Waals surface area contributed by atoms with Crippen LogP contribution < -0.4 is 5.32 Å². The fourth-order valence-corrected chi connectivity index (χ4v) is 5.30. The fourth-order valence-electron chi connectivity index (χ4n) is 4.17. The standard InChI is InChI=1S/C23H19NS/c1-3-7-20-15(4-2)17-11-10-14-12-22-19(13-18(14)23(17)24-20)16-8-5-6-9-21(16)25-22/h3-13,17,23-24H,2H2,1H3/b7-3-. The summed E-state index contributed by atoms with van der Waals surface area (Å²) >= 11 is 1.88. The van der Waals surface area contributed by atoms with Crippen LogP contribution in [0.3, 0.4) is 0 Å². The highest BCUT2D eigenvalue weighted by Gasteiger charge is 2.34. The Morgan fingerprint density at radius 2 is 2.00 bits per heavy atom. The third-order valence-corrected chi connectivity index (χ3v) is 6.43. The first-order chi connectivity index (χ1) is 12.3. The van der Waals surface area contributed by atoms with Gasteiger partial charge in [0, 0.05) is 31.8 Å². The van der Waals surface area contributed by atoms with Crippen molar-refractivity contribution in [3.05, 3.63) is 89.7 Å². The summed E-state index contributed by atoms with van der Waals surface area (Å²) in [6.45, 7) is 6.10. The maximum Gasteiger partial charge on any atom is 0.0624 e. The molecule has 0 saturated heterocycles. The molecule has 0 bridgehead atoms. The molecule has 25 heavy (non-hydrogen) atoms. The number of nitrogens with one attached hydrogen (secondary N) is 1. The van der Waals surface area contributed by atoms with Crippen LogP contribution in [0.15, 0.2) is 78.6 Å². The largest absolute Gasteiger partial charge is 0.377 e. The SMILES string of the molecule is C=CC1=C(/C=C\C)NC2c3cc4c(cc3C=CC12)sc1ccccc14. The monoisotopic (exact) mass is 341 g/mol. The summed E-state index contributed by atoms with van der Waals surface area (Å²) in [5.41, 5.74) is 5.21. The zero-order valence-corrected chi connectivity index (χ0v) is 14.9. The molecule has 1 nitrogen and oxygen atoms in total. The van der Waals surface area contributed by atoms with Gasteiger partial charge >= 0.3 is 0 Å². The van der Waals surface area contributed by atoms with E-state index in [1.165, 1.54) is 42.6 Å². The highest BCUT2D eigenvalue weighted by Crippen LogP contribution is 2.45. The number of hydrogen-bond donors (Lipinski definition) is 1. The van der Waals surface area contributed by atoms with Gasteiger partial charge in [0.25, 0.3) is 0 Å². The molecule has 2 aliphatic rings. The summed E-state index contributed by atoms with van der Waals surface area (Å²) < 4.78 is 2.73. The Morgan fingerprint density at radius 3 is 2.84 bits per heavy atom. The molecule has 0 spiro atoms. The summed E-state index contributed by atoms with van der Waals surface area (Å²) in [5, 5.41) is 6.46. The molecule has 2 aromatic carbocycles. The van der Waals surface area contributed by atoms with Gasteiger partial charge in [-0.15, -0.1) is 11.3 Å². The van der Waals surface area contributed by atoms with E-state index in [4.69, 9.17) is 0 Å². The molecule has 0 saturated carbocycles. The molecule has 1 aromatic heterocycles. The Morgan fingerprint density at radius 1 is 1.12 bits per heavy atom. The fraction of sp³-hybridized carbons (Fsp3) is 0.130. The van der Waals surface area contributed by atoms with Gasteiger partial charge in [0.2, 0.25) is 0 Å². The molecule has 2 unspecified atom stereocenters. The second-order valence-electron chi connectivity index (χ2n) is 6.66. The molecule has 2 atom stereocenters. The summed E-state index contributed by atoms with van der Waals surface area (Å²) in [7, 11) is 0. The summed E-state index contributed by atoms with van der Waals surface area (Å²) in [5.74, 6) is 0.360. The van der Waals surface area contributed by atoms with E-state index in [2.05, 4.69) is 79.5 Å². The van der Waals surface area contributed by atoms with Crippen molar-refractivity contribution >= 4 is 37.6 Å². The topological polar surface area (TPSA) is 12.0 Å². The first kappa shape index (κ1) is 14.7. The molecule has 0 fully saturated rings. The van der Waals surface area contributed by atoms with Gasteiger partial charge in [-0.05, 0) is 47.9 Å². The predicted octanol–water partition coefficient (Wildman–Crippen LogP) is 6.36. The van der Waals surface area contributed by atoms with Gasteiger partial charge in [-0.2, -0.15) is 0 Å². The number of allylic oxidation sites excluding steroid dienone is 3. The highest BCUT2D eigenvalue weighted by atomic mass is 32.1. The Kier molecular flexibility index (Phi) is 3.22. The van der Waals surface area contributed by atoms with E-state index in [9.17, 15) is 0 Å². The van der Waals surface area contributed by atoms with Crippen molar-refractivity contribution in [2.24, 2.45) is 5.92 Å². The van der Waals surface area contributed by atoms with Crippen LogP contribution in [-0.2, 0) is 0 Å². The van der Waals surface area contributed by atoms with Gasteiger partial charge in [0.15, 0.2) is 0 Å². The van der Waals surface area contributed by atoms with Gasteiger partial charge in [-0.25, -0.2) is 0 Å². The lowest BCUT2D eigenvalue weighted by Gasteiger charge is -2.25. The predicted molar refractivity (Wildman–Crippen MR) is 110 cm³/mol. The van der Waals surface area contributed by atoms with Gasteiger partial charge < -0.3 is 5.32 Å². The Hall–Kier alpha value is -2.58. The first-order valence-corrected chi connectivity index (χ1v) is 9.51. The summed E-state index contributed by atoms with van der Waals surface area (Å²) in [6.07, 6.45) is 10.8. The van der Waals surface area contributed by atoms with E-state index in [-0.39, 0.29) is 0 Å². The molecule has 2 heterocycles. The zero-order valence-electron chi connectivity index (χ0n) is 14.1. The maximum absolute atomic E-state index is 4.04. The van der Waals surface area contributed by atoms with E-state index in [1.54, 1.807) is 0 Å². The van der Waals surface area contributed by atoms with Gasteiger partial charge in [0.05, 0.1) is 6.04 Å². The van der Waals surface area contributed by atoms with Crippen LogP contribution in [-0.4, -0.2) is 0 Å². The smallest absolute Gasteiger partial charge is 0.0624 e.